The Labute approximate surface area is 109 Å². The topological polar surface area (TPSA) is 106 Å². The van der Waals surface area contributed by atoms with E-state index in [1.54, 1.807) is 14.1 Å². The highest BCUT2D eigenvalue weighted by molar-refractivity contribution is 7.80. The molecule has 0 atom stereocenters. The van der Waals surface area contributed by atoms with Crippen LogP contribution in [0.5, 0.6) is 0 Å². The predicted octanol–water partition coefficient (Wildman–Crippen LogP) is -2.37. The maximum atomic E-state index is 11.2. The largest absolute Gasteiger partial charge is 0.364 e. The van der Waals surface area contributed by atoms with Gasteiger partial charge in [-0.05, 0) is 24.4 Å². The fraction of sp³-hybridized carbons (Fsp3) is 0.429. The fourth-order valence-corrected chi connectivity index (χ4v) is 0.714. The molecule has 0 bridgehead atoms. The third-order valence-electron chi connectivity index (χ3n) is 1.41. The highest BCUT2D eigenvalue weighted by Gasteiger charge is 2.08. The van der Waals surface area contributed by atoms with Crippen LogP contribution in [0.2, 0.25) is 0 Å². The first kappa shape index (κ1) is 15.3. The third-order valence-corrected chi connectivity index (χ3v) is 2.02. The van der Waals surface area contributed by atoms with E-state index in [0.29, 0.717) is 0 Å². The molecule has 0 spiro atoms. The van der Waals surface area contributed by atoms with Crippen LogP contribution in [0.15, 0.2) is 0 Å². The van der Waals surface area contributed by atoms with Crippen molar-refractivity contribution >= 4 is 46.5 Å². The Morgan fingerprint density at radius 2 is 1.18 bits per heavy atom. The SMILES string of the molecule is CNC(=S)NNC(=O)CC(=O)NNC(=S)NC. The van der Waals surface area contributed by atoms with E-state index in [-0.39, 0.29) is 16.6 Å². The Morgan fingerprint density at radius 3 is 1.47 bits per heavy atom. The maximum Gasteiger partial charge on any atom is 0.247 e. The van der Waals surface area contributed by atoms with Crippen molar-refractivity contribution in [2.45, 2.75) is 6.42 Å². The number of hydrogen-bond acceptors (Lipinski definition) is 4. The van der Waals surface area contributed by atoms with E-state index >= 15 is 0 Å². The minimum atomic E-state index is -0.530. The number of nitrogens with one attached hydrogen (secondary N) is 6. The van der Waals surface area contributed by atoms with Crippen LogP contribution in [0.4, 0.5) is 0 Å². The van der Waals surface area contributed by atoms with Crippen molar-refractivity contribution < 1.29 is 9.59 Å². The number of hydrogen-bond donors (Lipinski definition) is 6. The van der Waals surface area contributed by atoms with Gasteiger partial charge in [0.1, 0.15) is 6.42 Å². The number of thiocarbonyl (C=S) groups is 2. The molecule has 0 fully saturated rings. The molecule has 0 aliphatic heterocycles. The van der Waals surface area contributed by atoms with Gasteiger partial charge in [0, 0.05) is 14.1 Å². The standard InChI is InChI=1S/C7H14N6O2S2/c1-8-6(16)12-10-4(14)3-5(15)11-13-7(17)9-2/h3H2,1-2H3,(H,10,14)(H,11,15)(H2,8,12,16)(H2,9,13,17). The molecule has 0 heterocycles. The number of carbonyl (C=O) groups excluding carboxylic acids is 2. The number of carbonyl (C=O) groups is 2. The van der Waals surface area contributed by atoms with Crippen molar-refractivity contribution in [2.24, 2.45) is 0 Å². The van der Waals surface area contributed by atoms with Crippen LogP contribution in [-0.2, 0) is 9.59 Å². The molecule has 0 aromatic rings. The van der Waals surface area contributed by atoms with Crippen LogP contribution in [-0.4, -0.2) is 36.1 Å². The average molecular weight is 278 g/mol. The first-order valence-corrected chi connectivity index (χ1v) is 5.34. The maximum absolute atomic E-state index is 11.2. The first-order valence-electron chi connectivity index (χ1n) is 4.52. The van der Waals surface area contributed by atoms with E-state index < -0.39 is 11.8 Å². The summed E-state index contributed by atoms with van der Waals surface area (Å²) in [5.74, 6) is -1.06. The molecular weight excluding hydrogens is 264 g/mol. The summed E-state index contributed by atoms with van der Waals surface area (Å²) in [6.45, 7) is 0. The molecule has 17 heavy (non-hydrogen) atoms. The van der Waals surface area contributed by atoms with E-state index in [4.69, 9.17) is 24.4 Å². The van der Waals surface area contributed by atoms with E-state index in [1.807, 2.05) is 0 Å². The van der Waals surface area contributed by atoms with Crippen molar-refractivity contribution in [3.8, 4) is 0 Å². The molecule has 2 amide bonds. The Kier molecular flexibility index (Phi) is 7.63. The zero-order valence-corrected chi connectivity index (χ0v) is 11.0. The molecular formula is C7H14N6O2S2. The van der Waals surface area contributed by atoms with Gasteiger partial charge in [-0.1, -0.05) is 0 Å². The summed E-state index contributed by atoms with van der Waals surface area (Å²) in [6.07, 6.45) is -0.362. The second-order valence-corrected chi connectivity index (χ2v) is 3.50. The summed E-state index contributed by atoms with van der Waals surface area (Å²) in [5, 5.41) is 5.66. The minimum Gasteiger partial charge on any atom is -0.364 e. The Balaban J connectivity index is 3.77. The molecule has 0 saturated carbocycles. The number of rotatable bonds is 2. The van der Waals surface area contributed by atoms with Crippen molar-refractivity contribution in [2.75, 3.05) is 14.1 Å². The molecule has 0 radical (unpaired) electrons. The van der Waals surface area contributed by atoms with E-state index in [2.05, 4.69) is 32.3 Å². The van der Waals surface area contributed by atoms with Gasteiger partial charge in [0.2, 0.25) is 11.8 Å². The average Bonchev–Trinajstić information content (AvgIpc) is 2.32. The monoisotopic (exact) mass is 278 g/mol. The lowest BCUT2D eigenvalue weighted by Crippen LogP contribution is -2.49. The molecule has 96 valence electrons. The van der Waals surface area contributed by atoms with E-state index in [9.17, 15) is 9.59 Å². The van der Waals surface area contributed by atoms with Gasteiger partial charge in [-0.2, -0.15) is 0 Å². The molecule has 0 saturated heterocycles. The van der Waals surface area contributed by atoms with Crippen molar-refractivity contribution in [1.82, 2.24) is 32.3 Å². The van der Waals surface area contributed by atoms with Gasteiger partial charge >= 0.3 is 0 Å². The summed E-state index contributed by atoms with van der Waals surface area (Å²) >= 11 is 9.43. The smallest absolute Gasteiger partial charge is 0.247 e. The molecule has 8 nitrogen and oxygen atoms in total. The van der Waals surface area contributed by atoms with Crippen LogP contribution in [0.1, 0.15) is 6.42 Å². The van der Waals surface area contributed by atoms with Gasteiger partial charge in [-0.25, -0.2) is 0 Å². The molecule has 0 aromatic carbocycles. The van der Waals surface area contributed by atoms with Crippen LogP contribution < -0.4 is 32.3 Å². The van der Waals surface area contributed by atoms with E-state index in [0.717, 1.165) is 0 Å². The van der Waals surface area contributed by atoms with Gasteiger partial charge in [-0.15, -0.1) is 0 Å². The number of amides is 2. The lowest BCUT2D eigenvalue weighted by atomic mass is 10.4. The van der Waals surface area contributed by atoms with Gasteiger partial charge in [0.25, 0.3) is 0 Å². The predicted molar refractivity (Wildman–Crippen MR) is 70.5 cm³/mol. The van der Waals surface area contributed by atoms with Crippen LogP contribution >= 0.6 is 24.4 Å². The highest BCUT2D eigenvalue weighted by Crippen LogP contribution is 1.77. The van der Waals surface area contributed by atoms with Gasteiger partial charge in [-0.3, -0.25) is 31.3 Å². The molecule has 0 aliphatic rings. The highest BCUT2D eigenvalue weighted by atomic mass is 32.1. The van der Waals surface area contributed by atoms with Crippen LogP contribution in [0, 0.1) is 0 Å². The zero-order chi connectivity index (χ0) is 13.3. The molecule has 0 unspecified atom stereocenters. The van der Waals surface area contributed by atoms with Crippen LogP contribution in [0.25, 0.3) is 0 Å². The second-order valence-electron chi connectivity index (χ2n) is 2.68. The van der Waals surface area contributed by atoms with Crippen LogP contribution in [0.3, 0.4) is 0 Å². The van der Waals surface area contributed by atoms with Gasteiger partial charge in [0.15, 0.2) is 10.2 Å². The van der Waals surface area contributed by atoms with E-state index in [1.165, 1.54) is 0 Å². The molecule has 0 rings (SSSR count). The minimum absolute atomic E-state index is 0.244. The molecule has 6 N–H and O–H groups in total. The Morgan fingerprint density at radius 1 is 0.824 bits per heavy atom. The van der Waals surface area contributed by atoms with Gasteiger partial charge < -0.3 is 10.6 Å². The Bertz CT molecular complexity index is 291. The normalized spacial score (nSPS) is 8.59. The van der Waals surface area contributed by atoms with Gasteiger partial charge in [0.05, 0.1) is 0 Å². The Hall–Kier alpha value is -1.68. The summed E-state index contributed by atoms with van der Waals surface area (Å²) in [4.78, 5) is 22.4. The summed E-state index contributed by atoms with van der Waals surface area (Å²) in [5.41, 5.74) is 9.26. The molecule has 0 aromatic heterocycles. The van der Waals surface area contributed by atoms with Crippen molar-refractivity contribution in [3.63, 3.8) is 0 Å². The summed E-state index contributed by atoms with van der Waals surface area (Å²) < 4.78 is 0. The lowest BCUT2D eigenvalue weighted by Gasteiger charge is -2.10. The summed E-state index contributed by atoms with van der Waals surface area (Å²) in [7, 11) is 3.19. The fourth-order valence-electron chi connectivity index (χ4n) is 0.612. The quantitative estimate of drug-likeness (QED) is 0.189. The second kappa shape index (κ2) is 8.47. The summed E-state index contributed by atoms with van der Waals surface area (Å²) in [6, 6.07) is 0. The third kappa shape index (κ3) is 8.16. The van der Waals surface area contributed by atoms with Crippen molar-refractivity contribution in [3.05, 3.63) is 0 Å². The van der Waals surface area contributed by atoms with Crippen molar-refractivity contribution in [1.29, 1.82) is 0 Å². The first-order chi connectivity index (χ1) is 7.99. The molecule has 0 aliphatic carbocycles. The molecule has 10 heteroatoms. The zero-order valence-electron chi connectivity index (χ0n) is 9.34. The lowest BCUT2D eigenvalue weighted by molar-refractivity contribution is -0.129. The number of hydrazine groups is 2.